The Balaban J connectivity index is 2.12. The van der Waals surface area contributed by atoms with Crippen molar-refractivity contribution in [3.8, 4) is 0 Å². The molecule has 102 valence electrons. The first-order valence-electron chi connectivity index (χ1n) is 5.59. The van der Waals surface area contributed by atoms with Crippen molar-refractivity contribution in [2.75, 3.05) is 13.2 Å². The summed E-state index contributed by atoms with van der Waals surface area (Å²) in [5.41, 5.74) is 2.48. The highest BCUT2D eigenvalue weighted by atomic mass is 16.8. The number of urea groups is 1. The van der Waals surface area contributed by atoms with E-state index in [4.69, 9.17) is 9.68 Å². The number of hydroxylamine groups is 1. The van der Waals surface area contributed by atoms with Crippen molar-refractivity contribution in [2.45, 2.75) is 6.92 Å². The standard InChI is InChI=1S/C12H15N3O4/c1-10(2)11(16)18-9-6-13-12(17)14-19-15-7-4-3-5-8-15/h3-5,7-8H,1,6,9H2,2H3,(H-,13,14,17)/p+1. The Bertz CT molecular complexity index is 448. The Kier molecular flexibility index (Phi) is 5.87. The summed E-state index contributed by atoms with van der Waals surface area (Å²) in [7, 11) is 0. The SMILES string of the molecule is C=C(C)C(=O)OCCNC(=O)NO[n+]1ccccc1. The predicted molar refractivity (Wildman–Crippen MR) is 65.5 cm³/mol. The molecule has 19 heavy (non-hydrogen) atoms. The minimum absolute atomic E-state index is 0.0671. The Morgan fingerprint density at radius 3 is 2.58 bits per heavy atom. The zero-order valence-electron chi connectivity index (χ0n) is 10.6. The van der Waals surface area contributed by atoms with Crippen molar-refractivity contribution in [3.05, 3.63) is 42.7 Å². The lowest BCUT2D eigenvalue weighted by atomic mass is 10.4. The van der Waals surface area contributed by atoms with Crippen LogP contribution in [0.4, 0.5) is 4.79 Å². The predicted octanol–water partition coefficient (Wildman–Crippen LogP) is -0.264. The van der Waals surface area contributed by atoms with Crippen molar-refractivity contribution in [3.63, 3.8) is 0 Å². The van der Waals surface area contributed by atoms with Crippen LogP contribution in [-0.4, -0.2) is 25.2 Å². The second kappa shape index (κ2) is 7.70. The number of nitrogens with zero attached hydrogens (tertiary/aromatic N) is 1. The van der Waals surface area contributed by atoms with E-state index in [2.05, 4.69) is 17.4 Å². The van der Waals surface area contributed by atoms with Crippen LogP contribution in [0.3, 0.4) is 0 Å². The van der Waals surface area contributed by atoms with Gasteiger partial charge in [0, 0.05) is 22.4 Å². The number of hydrogen-bond donors (Lipinski definition) is 2. The zero-order valence-corrected chi connectivity index (χ0v) is 10.6. The summed E-state index contributed by atoms with van der Waals surface area (Å²) in [6.07, 6.45) is 3.24. The second-order valence-electron chi connectivity index (χ2n) is 3.60. The molecule has 1 aromatic heterocycles. The van der Waals surface area contributed by atoms with Gasteiger partial charge in [0.05, 0.1) is 6.54 Å². The lowest BCUT2D eigenvalue weighted by Gasteiger charge is -2.05. The van der Waals surface area contributed by atoms with E-state index in [1.165, 1.54) is 4.73 Å². The number of esters is 1. The number of hydrogen-bond acceptors (Lipinski definition) is 4. The van der Waals surface area contributed by atoms with Gasteiger partial charge in [-0.1, -0.05) is 12.6 Å². The molecular formula is C12H16N3O4+. The molecule has 0 atom stereocenters. The van der Waals surface area contributed by atoms with Gasteiger partial charge in [-0.2, -0.15) is 0 Å². The molecule has 2 amide bonds. The van der Waals surface area contributed by atoms with Gasteiger partial charge in [0.15, 0.2) is 0 Å². The Morgan fingerprint density at radius 2 is 1.95 bits per heavy atom. The molecule has 0 spiro atoms. The molecule has 7 heteroatoms. The van der Waals surface area contributed by atoms with Gasteiger partial charge < -0.3 is 10.1 Å². The van der Waals surface area contributed by atoms with Crippen molar-refractivity contribution >= 4 is 12.0 Å². The molecule has 2 N–H and O–H groups in total. The summed E-state index contributed by atoms with van der Waals surface area (Å²) >= 11 is 0. The van der Waals surface area contributed by atoms with Crippen LogP contribution >= 0.6 is 0 Å². The quantitative estimate of drug-likeness (QED) is 0.244. The molecule has 0 bridgehead atoms. The molecule has 0 aromatic carbocycles. The number of amides is 2. The number of pyridine rings is 1. The highest BCUT2D eigenvalue weighted by Gasteiger charge is 2.06. The van der Waals surface area contributed by atoms with Gasteiger partial charge in [0.2, 0.25) is 12.4 Å². The van der Waals surface area contributed by atoms with Gasteiger partial charge in [-0.25, -0.2) is 9.59 Å². The lowest BCUT2D eigenvalue weighted by molar-refractivity contribution is -0.902. The summed E-state index contributed by atoms with van der Waals surface area (Å²) < 4.78 is 6.11. The monoisotopic (exact) mass is 266 g/mol. The molecule has 0 saturated carbocycles. The summed E-state index contributed by atoms with van der Waals surface area (Å²) in [6, 6.07) is 4.77. The van der Waals surface area contributed by atoms with Gasteiger partial charge in [-0.05, 0) is 6.92 Å². The van der Waals surface area contributed by atoms with Gasteiger partial charge in [-0.3, -0.25) is 0 Å². The van der Waals surface area contributed by atoms with Crippen molar-refractivity contribution in [1.29, 1.82) is 0 Å². The topological polar surface area (TPSA) is 80.5 Å². The van der Waals surface area contributed by atoms with Crippen LogP contribution in [0.25, 0.3) is 0 Å². The maximum Gasteiger partial charge on any atom is 0.353 e. The number of aromatic nitrogens is 1. The normalized spacial score (nSPS) is 9.32. The number of rotatable bonds is 6. The minimum atomic E-state index is -0.539. The van der Waals surface area contributed by atoms with E-state index >= 15 is 0 Å². The Labute approximate surface area is 110 Å². The van der Waals surface area contributed by atoms with Crippen LogP contribution in [0.2, 0.25) is 0 Å². The molecule has 0 radical (unpaired) electrons. The molecule has 1 heterocycles. The number of carbonyl (C=O) groups is 2. The highest BCUT2D eigenvalue weighted by Crippen LogP contribution is 1.90. The molecular weight excluding hydrogens is 250 g/mol. The molecule has 0 aliphatic heterocycles. The van der Waals surface area contributed by atoms with Crippen LogP contribution in [-0.2, 0) is 9.53 Å². The average molecular weight is 266 g/mol. The van der Waals surface area contributed by atoms with E-state index in [1.807, 2.05) is 6.07 Å². The van der Waals surface area contributed by atoms with Crippen LogP contribution in [0, 0.1) is 0 Å². The fourth-order valence-electron chi connectivity index (χ4n) is 1.01. The highest BCUT2D eigenvalue weighted by molar-refractivity contribution is 5.86. The Morgan fingerprint density at radius 1 is 1.26 bits per heavy atom. The first-order chi connectivity index (χ1) is 9.09. The van der Waals surface area contributed by atoms with E-state index in [0.29, 0.717) is 5.57 Å². The second-order valence-corrected chi connectivity index (χ2v) is 3.60. The number of ether oxygens (including phenoxy) is 1. The molecule has 1 aromatic rings. The van der Waals surface area contributed by atoms with Crippen molar-refractivity contribution < 1.29 is 24.0 Å². The molecule has 7 nitrogen and oxygen atoms in total. The van der Waals surface area contributed by atoms with Crippen molar-refractivity contribution in [2.24, 2.45) is 0 Å². The van der Waals surface area contributed by atoms with Crippen LogP contribution < -0.4 is 20.5 Å². The fourth-order valence-corrected chi connectivity index (χ4v) is 1.01. The van der Waals surface area contributed by atoms with Crippen LogP contribution in [0.15, 0.2) is 42.7 Å². The largest absolute Gasteiger partial charge is 0.460 e. The van der Waals surface area contributed by atoms with Gasteiger partial charge in [0.1, 0.15) is 6.61 Å². The molecule has 0 saturated heterocycles. The van der Waals surface area contributed by atoms with E-state index in [9.17, 15) is 9.59 Å². The average Bonchev–Trinajstić information content (AvgIpc) is 2.42. The lowest BCUT2D eigenvalue weighted by Crippen LogP contribution is -2.53. The summed E-state index contributed by atoms with van der Waals surface area (Å²) in [5, 5.41) is 2.45. The third-order valence-electron chi connectivity index (χ3n) is 1.90. The van der Waals surface area contributed by atoms with E-state index < -0.39 is 12.0 Å². The first kappa shape index (κ1) is 14.5. The third-order valence-corrected chi connectivity index (χ3v) is 1.90. The van der Waals surface area contributed by atoms with Gasteiger partial charge >= 0.3 is 12.0 Å². The summed E-state index contributed by atoms with van der Waals surface area (Å²) in [4.78, 5) is 27.2. The zero-order chi connectivity index (χ0) is 14.1. The molecule has 1 rings (SSSR count). The van der Waals surface area contributed by atoms with E-state index in [1.54, 1.807) is 31.5 Å². The fraction of sp³-hybridized carbons (Fsp3) is 0.250. The minimum Gasteiger partial charge on any atom is -0.460 e. The molecule has 0 aliphatic rings. The maximum atomic E-state index is 11.3. The number of nitrogens with one attached hydrogen (secondary N) is 2. The maximum absolute atomic E-state index is 11.3. The Hall–Kier alpha value is -2.57. The summed E-state index contributed by atoms with van der Waals surface area (Å²) in [6.45, 7) is 5.23. The van der Waals surface area contributed by atoms with E-state index in [-0.39, 0.29) is 13.2 Å². The van der Waals surface area contributed by atoms with Crippen LogP contribution in [0.1, 0.15) is 6.92 Å². The van der Waals surface area contributed by atoms with Crippen LogP contribution in [0.5, 0.6) is 0 Å². The number of carbonyl (C=O) groups excluding carboxylic acids is 2. The smallest absolute Gasteiger partial charge is 0.353 e. The van der Waals surface area contributed by atoms with Crippen molar-refractivity contribution in [1.82, 2.24) is 10.8 Å². The molecule has 0 unspecified atom stereocenters. The molecule has 0 aliphatic carbocycles. The van der Waals surface area contributed by atoms with Gasteiger partial charge in [-0.15, -0.1) is 10.4 Å². The van der Waals surface area contributed by atoms with E-state index in [0.717, 1.165) is 0 Å². The first-order valence-corrected chi connectivity index (χ1v) is 5.59. The third kappa shape index (κ3) is 6.06. The summed E-state index contributed by atoms with van der Waals surface area (Å²) in [5.74, 6) is -0.488. The van der Waals surface area contributed by atoms with Gasteiger partial charge in [0.25, 0.3) is 0 Å². The molecule has 0 fully saturated rings.